The number of thioether (sulfide) groups is 1. The van der Waals surface area contributed by atoms with Crippen LogP contribution in [0.15, 0.2) is 22.6 Å². The third-order valence-corrected chi connectivity index (χ3v) is 3.51. The molecule has 6 nitrogen and oxygen atoms in total. The Balaban J connectivity index is 2.15. The smallest absolute Gasteiger partial charge is 0.292 e. The van der Waals surface area contributed by atoms with Crippen molar-refractivity contribution in [2.45, 2.75) is 19.1 Å². The van der Waals surface area contributed by atoms with Gasteiger partial charge in [-0.1, -0.05) is 17.8 Å². The summed E-state index contributed by atoms with van der Waals surface area (Å²) in [5, 5.41) is 19.7. The standard InChI is InChI=1S/C12H14N2O4S/c1-6(15)19-5-9(16)11(17)7-2-3-10-8(4-7)14-12(13)18-10/h2-4,9,11,16-17H,5H2,1H3,(H2,13,14). The Hall–Kier alpha value is -1.57. The zero-order valence-corrected chi connectivity index (χ0v) is 11.1. The molecule has 0 bridgehead atoms. The fraction of sp³-hybridized carbons (Fsp3) is 0.333. The highest BCUT2D eigenvalue weighted by Gasteiger charge is 2.20. The number of hydrogen-bond donors (Lipinski definition) is 3. The minimum absolute atomic E-state index is 0.0503. The van der Waals surface area contributed by atoms with E-state index in [1.165, 1.54) is 6.92 Å². The third-order valence-electron chi connectivity index (χ3n) is 2.59. The molecule has 0 radical (unpaired) electrons. The molecule has 1 aromatic carbocycles. The Morgan fingerprint density at radius 3 is 2.95 bits per heavy atom. The number of oxazole rings is 1. The topological polar surface area (TPSA) is 110 Å². The molecule has 0 aliphatic carbocycles. The Morgan fingerprint density at radius 1 is 1.53 bits per heavy atom. The van der Waals surface area contributed by atoms with E-state index in [4.69, 9.17) is 10.2 Å². The van der Waals surface area contributed by atoms with E-state index in [-0.39, 0.29) is 16.9 Å². The molecule has 0 amide bonds. The van der Waals surface area contributed by atoms with Crippen molar-refractivity contribution in [1.82, 2.24) is 4.98 Å². The van der Waals surface area contributed by atoms with Crippen molar-refractivity contribution in [3.8, 4) is 0 Å². The predicted octanol–water partition coefficient (Wildman–Crippen LogP) is 1.08. The van der Waals surface area contributed by atoms with E-state index in [1.54, 1.807) is 18.2 Å². The number of rotatable bonds is 4. The molecule has 0 saturated carbocycles. The Morgan fingerprint density at radius 2 is 2.26 bits per heavy atom. The number of fused-ring (bicyclic) bond motifs is 1. The molecular weight excluding hydrogens is 268 g/mol. The predicted molar refractivity (Wildman–Crippen MR) is 72.5 cm³/mol. The summed E-state index contributed by atoms with van der Waals surface area (Å²) in [7, 11) is 0. The van der Waals surface area contributed by atoms with Crippen molar-refractivity contribution in [3.05, 3.63) is 23.8 Å². The average Bonchev–Trinajstić information content (AvgIpc) is 2.73. The second-order valence-corrected chi connectivity index (χ2v) is 5.29. The lowest BCUT2D eigenvalue weighted by molar-refractivity contribution is -0.109. The van der Waals surface area contributed by atoms with Crippen LogP contribution >= 0.6 is 11.8 Å². The second kappa shape index (κ2) is 5.60. The lowest BCUT2D eigenvalue weighted by Crippen LogP contribution is -2.21. The van der Waals surface area contributed by atoms with Crippen molar-refractivity contribution in [2.24, 2.45) is 0 Å². The molecule has 2 unspecified atom stereocenters. The monoisotopic (exact) mass is 282 g/mol. The van der Waals surface area contributed by atoms with Crippen molar-refractivity contribution in [2.75, 3.05) is 11.5 Å². The number of nitrogens with two attached hydrogens (primary N) is 1. The third kappa shape index (κ3) is 3.25. The second-order valence-electron chi connectivity index (χ2n) is 4.09. The number of hydrogen-bond acceptors (Lipinski definition) is 7. The number of carbonyl (C=O) groups is 1. The van der Waals surface area contributed by atoms with Gasteiger partial charge in [0.25, 0.3) is 6.01 Å². The Bertz CT molecular complexity index is 598. The van der Waals surface area contributed by atoms with E-state index in [1.807, 2.05) is 0 Å². The molecule has 102 valence electrons. The largest absolute Gasteiger partial charge is 0.424 e. The molecule has 2 aromatic rings. The fourth-order valence-electron chi connectivity index (χ4n) is 1.66. The zero-order valence-electron chi connectivity index (χ0n) is 10.2. The number of aromatic nitrogens is 1. The molecule has 4 N–H and O–H groups in total. The lowest BCUT2D eigenvalue weighted by atomic mass is 10.1. The summed E-state index contributed by atoms with van der Waals surface area (Å²) in [6, 6.07) is 4.90. The van der Waals surface area contributed by atoms with Crippen LogP contribution in [0.4, 0.5) is 6.01 Å². The van der Waals surface area contributed by atoms with Crippen molar-refractivity contribution in [1.29, 1.82) is 0 Å². The van der Waals surface area contributed by atoms with E-state index >= 15 is 0 Å². The van der Waals surface area contributed by atoms with Gasteiger partial charge in [-0.15, -0.1) is 0 Å². The first-order chi connectivity index (χ1) is 8.97. The molecule has 0 aliphatic rings. The summed E-state index contributed by atoms with van der Waals surface area (Å²) >= 11 is 0.967. The van der Waals surface area contributed by atoms with Gasteiger partial charge in [0.15, 0.2) is 10.7 Å². The van der Waals surface area contributed by atoms with Gasteiger partial charge in [-0.2, -0.15) is 4.98 Å². The molecule has 2 rings (SSSR count). The zero-order chi connectivity index (χ0) is 14.0. The summed E-state index contributed by atoms with van der Waals surface area (Å²) in [6.07, 6.45) is -2.12. The Kier molecular flexibility index (Phi) is 4.08. The van der Waals surface area contributed by atoms with E-state index in [0.717, 1.165) is 11.8 Å². The summed E-state index contributed by atoms with van der Waals surface area (Å²) in [4.78, 5) is 14.8. The number of benzene rings is 1. The maximum absolute atomic E-state index is 10.8. The molecule has 1 aromatic heterocycles. The summed E-state index contributed by atoms with van der Waals surface area (Å²) in [6.45, 7) is 1.41. The van der Waals surface area contributed by atoms with Crippen LogP contribution in [0.25, 0.3) is 11.1 Å². The van der Waals surface area contributed by atoms with Gasteiger partial charge in [-0.25, -0.2) is 0 Å². The highest BCUT2D eigenvalue weighted by atomic mass is 32.2. The van der Waals surface area contributed by atoms with E-state index in [9.17, 15) is 15.0 Å². The Labute approximate surface area is 113 Å². The van der Waals surface area contributed by atoms with E-state index in [2.05, 4.69) is 4.98 Å². The highest BCUT2D eigenvalue weighted by Crippen LogP contribution is 2.25. The van der Waals surface area contributed by atoms with Gasteiger partial charge in [0.1, 0.15) is 11.6 Å². The average molecular weight is 282 g/mol. The molecular formula is C12H14N2O4S. The summed E-state index contributed by atoms with van der Waals surface area (Å²) in [5.41, 5.74) is 6.95. The first kappa shape index (κ1) is 13.9. The van der Waals surface area contributed by atoms with Crippen LogP contribution in [0.3, 0.4) is 0 Å². The molecule has 7 heteroatoms. The number of nitrogens with zero attached hydrogens (tertiary/aromatic N) is 1. The van der Waals surface area contributed by atoms with Crippen molar-refractivity contribution >= 4 is 34.0 Å². The number of aliphatic hydroxyl groups is 2. The lowest BCUT2D eigenvalue weighted by Gasteiger charge is -2.17. The van der Waals surface area contributed by atoms with Gasteiger partial charge in [0, 0.05) is 12.7 Å². The van der Waals surface area contributed by atoms with Crippen LogP contribution in [0.2, 0.25) is 0 Å². The van der Waals surface area contributed by atoms with Crippen LogP contribution in [0, 0.1) is 0 Å². The molecule has 2 atom stereocenters. The molecule has 0 saturated heterocycles. The number of anilines is 1. The van der Waals surface area contributed by atoms with Gasteiger partial charge >= 0.3 is 0 Å². The van der Waals surface area contributed by atoms with Gasteiger partial charge < -0.3 is 20.4 Å². The van der Waals surface area contributed by atoms with Gasteiger partial charge in [-0.3, -0.25) is 4.79 Å². The van der Waals surface area contributed by atoms with Crippen LogP contribution in [-0.4, -0.2) is 32.2 Å². The minimum atomic E-state index is -1.09. The molecule has 1 heterocycles. The SMILES string of the molecule is CC(=O)SCC(O)C(O)c1ccc2oc(N)nc2c1. The quantitative estimate of drug-likeness (QED) is 0.769. The van der Waals surface area contributed by atoms with Crippen molar-refractivity contribution in [3.63, 3.8) is 0 Å². The maximum atomic E-state index is 10.8. The molecule has 0 spiro atoms. The number of nitrogen functional groups attached to an aromatic ring is 1. The highest BCUT2D eigenvalue weighted by molar-refractivity contribution is 8.13. The first-order valence-corrected chi connectivity index (χ1v) is 6.61. The van der Waals surface area contributed by atoms with Crippen LogP contribution in [0.1, 0.15) is 18.6 Å². The molecule has 0 fully saturated rings. The van der Waals surface area contributed by atoms with Crippen LogP contribution in [0.5, 0.6) is 0 Å². The number of carbonyl (C=O) groups excluding carboxylic acids is 1. The van der Waals surface area contributed by atoms with E-state index in [0.29, 0.717) is 16.7 Å². The van der Waals surface area contributed by atoms with Crippen LogP contribution in [-0.2, 0) is 4.79 Å². The number of aliphatic hydroxyl groups excluding tert-OH is 2. The summed E-state index contributed by atoms with van der Waals surface area (Å²) < 4.78 is 5.12. The first-order valence-electron chi connectivity index (χ1n) is 5.63. The normalized spacial score (nSPS) is 14.5. The maximum Gasteiger partial charge on any atom is 0.292 e. The van der Waals surface area contributed by atoms with Gasteiger partial charge in [0.2, 0.25) is 0 Å². The van der Waals surface area contributed by atoms with Crippen molar-refractivity contribution < 1.29 is 19.4 Å². The summed E-state index contributed by atoms with van der Waals surface area (Å²) in [5.74, 6) is 0.134. The van der Waals surface area contributed by atoms with Gasteiger partial charge in [0.05, 0.1) is 6.10 Å². The van der Waals surface area contributed by atoms with Gasteiger partial charge in [-0.05, 0) is 17.7 Å². The molecule has 0 aliphatic heterocycles. The fourth-order valence-corrected chi connectivity index (χ4v) is 2.25. The van der Waals surface area contributed by atoms with Crippen LogP contribution < -0.4 is 5.73 Å². The molecule has 19 heavy (non-hydrogen) atoms. The van der Waals surface area contributed by atoms with E-state index < -0.39 is 12.2 Å². The minimum Gasteiger partial charge on any atom is -0.424 e.